The number of benzene rings is 2. The molecule has 5 nitrogen and oxygen atoms in total. The molecule has 1 N–H and O–H groups in total. The smallest absolute Gasteiger partial charge is 0.254 e. The minimum atomic E-state index is -0.244. The van der Waals surface area contributed by atoms with Crippen LogP contribution in [0, 0.1) is 0 Å². The molecule has 1 aliphatic heterocycles. The van der Waals surface area contributed by atoms with E-state index in [0.717, 1.165) is 25.9 Å². The molecule has 0 bridgehead atoms. The Labute approximate surface area is 176 Å². The lowest BCUT2D eigenvalue weighted by Gasteiger charge is -2.40. The summed E-state index contributed by atoms with van der Waals surface area (Å²) >= 11 is 0. The maximum atomic E-state index is 12.8. The van der Waals surface area contributed by atoms with Crippen molar-refractivity contribution in [3.8, 4) is 0 Å². The predicted octanol–water partition coefficient (Wildman–Crippen LogP) is 3.02. The van der Waals surface area contributed by atoms with Gasteiger partial charge in [0.1, 0.15) is 0 Å². The van der Waals surface area contributed by atoms with Gasteiger partial charge in [0, 0.05) is 44.0 Å². The molecule has 0 radical (unpaired) electrons. The highest BCUT2D eigenvalue weighted by Gasteiger charge is 2.32. The Hall–Kier alpha value is -3.18. The average Bonchev–Trinajstić information content (AvgIpc) is 2.96. The lowest BCUT2D eigenvalue weighted by atomic mass is 9.92. The van der Waals surface area contributed by atoms with Crippen molar-refractivity contribution >= 4 is 5.91 Å². The maximum Gasteiger partial charge on any atom is 0.254 e. The number of H-pyrrole nitrogens is 1. The first kappa shape index (κ1) is 18.8. The number of aromatic nitrogens is 1. The summed E-state index contributed by atoms with van der Waals surface area (Å²) in [6.45, 7) is 2.93. The van der Waals surface area contributed by atoms with Crippen LogP contribution in [0.5, 0.6) is 0 Å². The van der Waals surface area contributed by atoms with E-state index in [1.54, 1.807) is 6.07 Å². The van der Waals surface area contributed by atoms with Gasteiger partial charge in [0.2, 0.25) is 5.56 Å². The van der Waals surface area contributed by atoms with Crippen molar-refractivity contribution in [2.45, 2.75) is 18.9 Å². The normalized spacial score (nSPS) is 17.1. The van der Waals surface area contributed by atoms with Gasteiger partial charge in [-0.3, -0.25) is 14.5 Å². The lowest BCUT2D eigenvalue weighted by molar-refractivity contribution is 0.0596. The molecular formula is C25H25N3O2. The van der Waals surface area contributed by atoms with Gasteiger partial charge < -0.3 is 9.88 Å². The number of nitrogens with one attached hydrogen (secondary N) is 1. The van der Waals surface area contributed by atoms with E-state index in [1.165, 1.54) is 34.5 Å². The van der Waals surface area contributed by atoms with Crippen molar-refractivity contribution in [1.29, 1.82) is 0 Å². The van der Waals surface area contributed by atoms with Crippen molar-refractivity contribution in [1.82, 2.24) is 14.8 Å². The third-order valence-electron chi connectivity index (χ3n) is 6.35. The van der Waals surface area contributed by atoms with E-state index in [0.29, 0.717) is 18.7 Å². The fourth-order valence-electron chi connectivity index (χ4n) is 4.83. The first-order chi connectivity index (χ1) is 14.7. The number of hydrogen-bond acceptors (Lipinski definition) is 3. The second-order valence-electron chi connectivity index (χ2n) is 8.07. The van der Waals surface area contributed by atoms with Gasteiger partial charge in [-0.2, -0.15) is 0 Å². The quantitative estimate of drug-likeness (QED) is 0.721. The Balaban J connectivity index is 1.41. The summed E-state index contributed by atoms with van der Waals surface area (Å²) < 4.78 is 0. The molecule has 5 rings (SSSR count). The summed E-state index contributed by atoms with van der Waals surface area (Å²) in [5, 5.41) is 0. The second-order valence-corrected chi connectivity index (χ2v) is 8.07. The molecule has 0 unspecified atom stereocenters. The summed E-state index contributed by atoms with van der Waals surface area (Å²) in [7, 11) is 0. The topological polar surface area (TPSA) is 56.4 Å². The Morgan fingerprint density at radius 3 is 2.03 bits per heavy atom. The number of pyridine rings is 1. The maximum absolute atomic E-state index is 12.8. The Morgan fingerprint density at radius 2 is 1.43 bits per heavy atom. The average molecular weight is 399 g/mol. The largest absolute Gasteiger partial charge is 0.336 e. The standard InChI is InChI=1S/C25H25N3O2/c29-23-17-20(11-12-26-23)25(30)28-15-13-27(14-16-28)24-21-7-3-1-5-18(21)9-10-19-6-2-4-8-22(19)24/h1-8,11-12,17,24H,9-10,13-16H2,(H,26,29). The highest BCUT2D eigenvalue weighted by Crippen LogP contribution is 2.37. The SMILES string of the molecule is O=C(c1cc[nH]c(=O)c1)N1CCN(C2c3ccccc3CCc3ccccc32)CC1. The van der Waals surface area contributed by atoms with Crippen LogP contribution in [0.4, 0.5) is 0 Å². The fourth-order valence-corrected chi connectivity index (χ4v) is 4.83. The van der Waals surface area contributed by atoms with Crippen molar-refractivity contribution in [3.05, 3.63) is 105 Å². The number of aryl methyl sites for hydroxylation is 2. The van der Waals surface area contributed by atoms with Crippen LogP contribution >= 0.6 is 0 Å². The minimum Gasteiger partial charge on any atom is -0.336 e. The number of aromatic amines is 1. The molecule has 0 saturated carbocycles. The summed E-state index contributed by atoms with van der Waals surface area (Å²) in [4.78, 5) is 31.3. The lowest BCUT2D eigenvalue weighted by Crippen LogP contribution is -2.50. The van der Waals surface area contributed by atoms with Crippen LogP contribution in [0.15, 0.2) is 71.7 Å². The van der Waals surface area contributed by atoms with Crippen LogP contribution in [-0.4, -0.2) is 46.9 Å². The number of fused-ring (bicyclic) bond motifs is 2. The van der Waals surface area contributed by atoms with E-state index in [9.17, 15) is 9.59 Å². The number of rotatable bonds is 2. The van der Waals surface area contributed by atoms with E-state index in [1.807, 2.05) is 4.90 Å². The molecule has 1 saturated heterocycles. The molecular weight excluding hydrogens is 374 g/mol. The summed E-state index contributed by atoms with van der Waals surface area (Å²) in [6.07, 6.45) is 3.65. The summed E-state index contributed by atoms with van der Waals surface area (Å²) in [5.41, 5.74) is 5.82. The van der Waals surface area contributed by atoms with E-state index in [-0.39, 0.29) is 17.5 Å². The monoisotopic (exact) mass is 399 g/mol. The molecule has 0 atom stereocenters. The molecule has 2 aromatic carbocycles. The number of piperazine rings is 1. The highest BCUT2D eigenvalue weighted by atomic mass is 16.2. The highest BCUT2D eigenvalue weighted by molar-refractivity contribution is 5.94. The number of carbonyl (C=O) groups excluding carboxylic acids is 1. The van der Waals surface area contributed by atoms with Gasteiger partial charge in [-0.1, -0.05) is 48.5 Å². The van der Waals surface area contributed by atoms with Crippen molar-refractivity contribution in [2.75, 3.05) is 26.2 Å². The fraction of sp³-hybridized carbons (Fsp3) is 0.280. The first-order valence-electron chi connectivity index (χ1n) is 10.6. The third kappa shape index (κ3) is 3.46. The molecule has 3 aromatic rings. The van der Waals surface area contributed by atoms with Crippen LogP contribution in [0.3, 0.4) is 0 Å². The first-order valence-corrected chi connectivity index (χ1v) is 10.6. The van der Waals surface area contributed by atoms with E-state index in [2.05, 4.69) is 58.4 Å². The van der Waals surface area contributed by atoms with Crippen LogP contribution in [0.1, 0.15) is 38.7 Å². The van der Waals surface area contributed by atoms with Crippen molar-refractivity contribution in [2.24, 2.45) is 0 Å². The summed E-state index contributed by atoms with van der Waals surface area (Å²) in [5.74, 6) is -0.0672. The molecule has 2 aliphatic rings. The van der Waals surface area contributed by atoms with Crippen molar-refractivity contribution < 1.29 is 4.79 Å². The van der Waals surface area contributed by atoms with Gasteiger partial charge >= 0.3 is 0 Å². The molecule has 1 amide bonds. The molecule has 1 aromatic heterocycles. The zero-order chi connectivity index (χ0) is 20.5. The van der Waals surface area contributed by atoms with Crippen LogP contribution in [-0.2, 0) is 12.8 Å². The van der Waals surface area contributed by atoms with Gasteiger partial charge in [0.15, 0.2) is 0 Å². The zero-order valence-electron chi connectivity index (χ0n) is 16.9. The minimum absolute atomic E-state index is 0.0672. The number of hydrogen-bond donors (Lipinski definition) is 1. The predicted molar refractivity (Wildman–Crippen MR) is 117 cm³/mol. The van der Waals surface area contributed by atoms with Crippen molar-refractivity contribution in [3.63, 3.8) is 0 Å². The van der Waals surface area contributed by atoms with Gasteiger partial charge in [0.25, 0.3) is 5.91 Å². The Kier molecular flexibility index (Phi) is 4.97. The molecule has 2 heterocycles. The van der Waals surface area contributed by atoms with Gasteiger partial charge in [-0.05, 0) is 41.2 Å². The number of carbonyl (C=O) groups is 1. The molecule has 30 heavy (non-hydrogen) atoms. The van der Waals surface area contributed by atoms with Crippen LogP contribution < -0.4 is 5.56 Å². The zero-order valence-corrected chi connectivity index (χ0v) is 16.9. The van der Waals surface area contributed by atoms with Gasteiger partial charge in [0.05, 0.1) is 6.04 Å². The molecule has 0 spiro atoms. The van der Waals surface area contributed by atoms with Gasteiger partial charge in [-0.25, -0.2) is 0 Å². The van der Waals surface area contributed by atoms with E-state index in [4.69, 9.17) is 0 Å². The molecule has 1 fully saturated rings. The van der Waals surface area contributed by atoms with Crippen LogP contribution in [0.25, 0.3) is 0 Å². The van der Waals surface area contributed by atoms with Gasteiger partial charge in [-0.15, -0.1) is 0 Å². The Bertz CT molecular complexity index is 1080. The molecule has 1 aliphatic carbocycles. The van der Waals surface area contributed by atoms with E-state index < -0.39 is 0 Å². The summed E-state index contributed by atoms with van der Waals surface area (Å²) in [6, 6.07) is 20.8. The van der Waals surface area contributed by atoms with E-state index >= 15 is 0 Å². The molecule has 5 heteroatoms. The number of nitrogens with zero attached hydrogens (tertiary/aromatic N) is 2. The molecule has 152 valence electrons. The number of amides is 1. The second kappa shape index (κ2) is 7.92. The Morgan fingerprint density at radius 1 is 0.833 bits per heavy atom. The third-order valence-corrected chi connectivity index (χ3v) is 6.35. The van der Waals surface area contributed by atoms with Crippen LogP contribution in [0.2, 0.25) is 0 Å².